The number of carbonyl (C=O) groups is 1. The summed E-state index contributed by atoms with van der Waals surface area (Å²) in [5.74, 6) is 0.767. The standard InChI is InChI=1S/C21H19BrN4O3/c1-13-18(20(27)28-2)19(26-21(25-13)23-12-24-26)16-10-15(22)8-9-17(16)29-11-14-6-4-3-5-7-14/h3-10,12,19H,11H2,1-2H3,(H,23,24,25)/t19-/m0/s1. The van der Waals surface area contributed by atoms with E-state index in [0.717, 1.165) is 15.6 Å². The summed E-state index contributed by atoms with van der Waals surface area (Å²) in [4.78, 5) is 16.9. The van der Waals surface area contributed by atoms with Gasteiger partial charge in [-0.25, -0.2) is 9.48 Å². The summed E-state index contributed by atoms with van der Waals surface area (Å²) in [7, 11) is 1.37. The summed E-state index contributed by atoms with van der Waals surface area (Å²) < 4.78 is 13.7. The van der Waals surface area contributed by atoms with Crippen LogP contribution in [-0.2, 0) is 16.1 Å². The number of halogens is 1. The van der Waals surface area contributed by atoms with Gasteiger partial charge in [-0.1, -0.05) is 46.3 Å². The molecular formula is C21H19BrN4O3. The van der Waals surface area contributed by atoms with Gasteiger partial charge in [0.2, 0.25) is 5.95 Å². The molecule has 1 aliphatic heterocycles. The SMILES string of the molecule is COC(=O)C1=C(C)Nc2ncnn2[C@H]1c1cc(Br)ccc1OCc1ccccc1. The molecule has 0 amide bonds. The molecule has 0 saturated carbocycles. The molecule has 2 aromatic carbocycles. The Kier molecular flexibility index (Phi) is 5.35. The first-order chi connectivity index (χ1) is 14.1. The molecule has 1 aromatic heterocycles. The molecule has 0 radical (unpaired) electrons. The molecular weight excluding hydrogens is 436 g/mol. The van der Waals surface area contributed by atoms with Gasteiger partial charge in [-0.15, -0.1) is 0 Å². The van der Waals surface area contributed by atoms with Crippen LogP contribution in [0.3, 0.4) is 0 Å². The van der Waals surface area contributed by atoms with Crippen molar-refractivity contribution < 1.29 is 14.3 Å². The summed E-state index contributed by atoms with van der Waals surface area (Å²) in [6.45, 7) is 2.22. The maximum absolute atomic E-state index is 12.6. The Balaban J connectivity index is 1.80. The number of rotatable bonds is 5. The second kappa shape index (κ2) is 8.08. The Bertz CT molecular complexity index is 1080. The van der Waals surface area contributed by atoms with Gasteiger partial charge in [0, 0.05) is 15.7 Å². The van der Waals surface area contributed by atoms with E-state index in [9.17, 15) is 4.79 Å². The number of nitrogens with one attached hydrogen (secondary N) is 1. The second-order valence-corrected chi connectivity index (χ2v) is 7.46. The number of anilines is 1. The van der Waals surface area contributed by atoms with Crippen LogP contribution in [0.1, 0.15) is 24.1 Å². The minimum atomic E-state index is -0.538. The first-order valence-electron chi connectivity index (χ1n) is 9.00. The molecule has 4 rings (SSSR count). The minimum absolute atomic E-state index is 0.404. The predicted octanol–water partition coefficient (Wildman–Crippen LogP) is 4.08. The third-order valence-electron chi connectivity index (χ3n) is 4.70. The second-order valence-electron chi connectivity index (χ2n) is 6.54. The molecule has 7 nitrogen and oxygen atoms in total. The lowest BCUT2D eigenvalue weighted by Gasteiger charge is -2.29. The Morgan fingerprint density at radius 3 is 2.79 bits per heavy atom. The van der Waals surface area contributed by atoms with Gasteiger partial charge >= 0.3 is 5.97 Å². The van der Waals surface area contributed by atoms with Gasteiger partial charge in [-0.3, -0.25) is 0 Å². The van der Waals surface area contributed by atoms with Crippen molar-refractivity contribution >= 4 is 27.8 Å². The molecule has 0 spiro atoms. The van der Waals surface area contributed by atoms with Crippen LogP contribution in [0.25, 0.3) is 0 Å². The number of ether oxygens (including phenoxy) is 2. The Hall–Kier alpha value is -3.13. The van der Waals surface area contributed by atoms with Gasteiger partial charge in [0.05, 0.1) is 12.7 Å². The molecule has 1 aliphatic rings. The number of aromatic nitrogens is 3. The topological polar surface area (TPSA) is 78.3 Å². The first kappa shape index (κ1) is 19.2. The largest absolute Gasteiger partial charge is 0.489 e. The lowest BCUT2D eigenvalue weighted by molar-refractivity contribution is -0.136. The monoisotopic (exact) mass is 454 g/mol. The number of methoxy groups -OCH3 is 1. The predicted molar refractivity (Wildman–Crippen MR) is 111 cm³/mol. The van der Waals surface area contributed by atoms with Crippen molar-refractivity contribution in [1.82, 2.24) is 14.8 Å². The van der Waals surface area contributed by atoms with E-state index in [-0.39, 0.29) is 0 Å². The van der Waals surface area contributed by atoms with Gasteiger partial charge in [-0.05, 0) is 30.7 Å². The first-order valence-corrected chi connectivity index (χ1v) is 9.79. The van der Waals surface area contributed by atoms with Crippen molar-refractivity contribution in [1.29, 1.82) is 0 Å². The number of esters is 1. The van der Waals surface area contributed by atoms with Gasteiger partial charge < -0.3 is 14.8 Å². The third kappa shape index (κ3) is 3.75. The van der Waals surface area contributed by atoms with Crippen molar-refractivity contribution in [3.05, 3.63) is 81.7 Å². The molecule has 1 atom stereocenters. The fourth-order valence-electron chi connectivity index (χ4n) is 3.35. The van der Waals surface area contributed by atoms with Crippen LogP contribution < -0.4 is 10.1 Å². The number of fused-ring (bicyclic) bond motifs is 1. The average Bonchev–Trinajstić information content (AvgIpc) is 3.20. The lowest BCUT2D eigenvalue weighted by atomic mass is 9.95. The highest BCUT2D eigenvalue weighted by molar-refractivity contribution is 9.10. The molecule has 0 fully saturated rings. The van der Waals surface area contributed by atoms with Gasteiger partial charge in [-0.2, -0.15) is 10.1 Å². The van der Waals surface area contributed by atoms with Crippen molar-refractivity contribution in [3.8, 4) is 5.75 Å². The van der Waals surface area contributed by atoms with E-state index in [1.807, 2.05) is 55.5 Å². The summed E-state index contributed by atoms with van der Waals surface area (Å²) in [5.41, 5.74) is 2.95. The van der Waals surface area contributed by atoms with E-state index in [2.05, 4.69) is 31.3 Å². The minimum Gasteiger partial charge on any atom is -0.489 e. The van der Waals surface area contributed by atoms with E-state index in [4.69, 9.17) is 9.47 Å². The number of benzene rings is 2. The number of hydrogen-bond acceptors (Lipinski definition) is 6. The molecule has 29 heavy (non-hydrogen) atoms. The normalized spacial score (nSPS) is 15.5. The highest BCUT2D eigenvalue weighted by Crippen LogP contribution is 2.40. The Morgan fingerprint density at radius 1 is 1.24 bits per heavy atom. The number of hydrogen-bond donors (Lipinski definition) is 1. The maximum Gasteiger partial charge on any atom is 0.338 e. The van der Waals surface area contributed by atoms with E-state index in [1.165, 1.54) is 13.4 Å². The van der Waals surface area contributed by atoms with E-state index in [1.54, 1.807) is 4.68 Å². The quantitative estimate of drug-likeness (QED) is 0.585. The van der Waals surface area contributed by atoms with Crippen molar-refractivity contribution in [2.24, 2.45) is 0 Å². The van der Waals surface area contributed by atoms with Crippen LogP contribution >= 0.6 is 15.9 Å². The molecule has 8 heteroatoms. The van der Waals surface area contributed by atoms with Crippen LogP contribution in [0.5, 0.6) is 5.75 Å². The van der Waals surface area contributed by atoms with Crippen LogP contribution in [0.2, 0.25) is 0 Å². The molecule has 0 unspecified atom stereocenters. The van der Waals surface area contributed by atoms with Gasteiger partial charge in [0.25, 0.3) is 0 Å². The number of allylic oxidation sites excluding steroid dienone is 1. The van der Waals surface area contributed by atoms with Crippen molar-refractivity contribution in [2.45, 2.75) is 19.6 Å². The van der Waals surface area contributed by atoms with Crippen LogP contribution in [0.4, 0.5) is 5.95 Å². The summed E-state index contributed by atoms with van der Waals surface area (Å²) in [6, 6.07) is 15.1. The molecule has 0 aliphatic carbocycles. The van der Waals surface area contributed by atoms with Crippen molar-refractivity contribution in [2.75, 3.05) is 12.4 Å². The fraction of sp³-hybridized carbons (Fsp3) is 0.190. The van der Waals surface area contributed by atoms with Gasteiger partial charge in [0.15, 0.2) is 0 Å². The third-order valence-corrected chi connectivity index (χ3v) is 5.20. The zero-order valence-electron chi connectivity index (χ0n) is 15.9. The molecule has 0 saturated heterocycles. The zero-order valence-corrected chi connectivity index (χ0v) is 17.5. The molecule has 3 aromatic rings. The number of carbonyl (C=O) groups excluding carboxylic acids is 1. The molecule has 1 N–H and O–H groups in total. The van der Waals surface area contributed by atoms with E-state index < -0.39 is 12.0 Å². The van der Waals surface area contributed by atoms with E-state index in [0.29, 0.717) is 29.6 Å². The summed E-state index contributed by atoms with van der Waals surface area (Å²) in [5, 5.41) is 7.45. The molecule has 2 heterocycles. The summed E-state index contributed by atoms with van der Waals surface area (Å²) in [6.07, 6.45) is 1.45. The van der Waals surface area contributed by atoms with Crippen LogP contribution in [0, 0.1) is 0 Å². The Labute approximate surface area is 176 Å². The smallest absolute Gasteiger partial charge is 0.338 e. The van der Waals surface area contributed by atoms with Crippen molar-refractivity contribution in [3.63, 3.8) is 0 Å². The highest BCUT2D eigenvalue weighted by Gasteiger charge is 2.35. The highest BCUT2D eigenvalue weighted by atomic mass is 79.9. The maximum atomic E-state index is 12.6. The molecule has 148 valence electrons. The van der Waals surface area contributed by atoms with E-state index >= 15 is 0 Å². The van der Waals surface area contributed by atoms with Gasteiger partial charge in [0.1, 0.15) is 24.7 Å². The summed E-state index contributed by atoms with van der Waals surface area (Å²) >= 11 is 3.53. The fourth-order valence-corrected chi connectivity index (χ4v) is 3.73. The van der Waals surface area contributed by atoms with Crippen LogP contribution in [-0.4, -0.2) is 27.8 Å². The average molecular weight is 455 g/mol. The molecule has 0 bridgehead atoms. The lowest BCUT2D eigenvalue weighted by Crippen LogP contribution is -2.29. The number of nitrogens with zero attached hydrogens (tertiary/aromatic N) is 3. The Morgan fingerprint density at radius 2 is 2.03 bits per heavy atom. The van der Waals surface area contributed by atoms with Crippen LogP contribution in [0.15, 0.2) is 70.6 Å². The zero-order chi connectivity index (χ0) is 20.4.